The molecule has 0 aliphatic carbocycles. The van der Waals surface area contributed by atoms with Crippen LogP contribution in [0.25, 0.3) is 0 Å². The van der Waals surface area contributed by atoms with Crippen molar-refractivity contribution in [2.24, 2.45) is 11.7 Å². The third-order valence-corrected chi connectivity index (χ3v) is 3.51. The zero-order chi connectivity index (χ0) is 12.5. The van der Waals surface area contributed by atoms with E-state index in [2.05, 4.69) is 4.90 Å². The number of hydrogen-bond donors (Lipinski definition) is 1. The lowest BCUT2D eigenvalue weighted by Crippen LogP contribution is -2.39. The van der Waals surface area contributed by atoms with Crippen molar-refractivity contribution in [2.75, 3.05) is 46.6 Å². The van der Waals surface area contributed by atoms with Gasteiger partial charge in [0.25, 0.3) is 0 Å². The van der Waals surface area contributed by atoms with Crippen LogP contribution < -0.4 is 5.73 Å². The first-order chi connectivity index (χ1) is 8.24. The van der Waals surface area contributed by atoms with E-state index in [0.717, 1.165) is 58.7 Å². The standard InChI is InChI=1S/C12H24N2O2S/c1-15-8-2-9-16-10-7-14-5-3-11(4-6-14)12(13)17/h11H,2-10H2,1H3,(H2,13,17). The molecular weight excluding hydrogens is 236 g/mol. The Bertz CT molecular complexity index is 219. The van der Waals surface area contributed by atoms with Gasteiger partial charge in [0.1, 0.15) is 0 Å². The summed E-state index contributed by atoms with van der Waals surface area (Å²) in [7, 11) is 1.71. The highest BCUT2D eigenvalue weighted by Crippen LogP contribution is 2.16. The number of hydrogen-bond acceptors (Lipinski definition) is 4. The Labute approximate surface area is 109 Å². The average Bonchev–Trinajstić information content (AvgIpc) is 2.34. The van der Waals surface area contributed by atoms with Gasteiger partial charge in [0.15, 0.2) is 0 Å². The van der Waals surface area contributed by atoms with E-state index in [0.29, 0.717) is 10.9 Å². The smallest absolute Gasteiger partial charge is 0.0759 e. The lowest BCUT2D eigenvalue weighted by molar-refractivity contribution is 0.0770. The van der Waals surface area contributed by atoms with Crippen molar-refractivity contribution < 1.29 is 9.47 Å². The maximum absolute atomic E-state index is 5.66. The molecular formula is C12H24N2O2S. The molecule has 1 rings (SSSR count). The summed E-state index contributed by atoms with van der Waals surface area (Å²) in [6.45, 7) is 5.56. The van der Waals surface area contributed by atoms with Crippen LogP contribution in [0.4, 0.5) is 0 Å². The van der Waals surface area contributed by atoms with Crippen LogP contribution in [-0.2, 0) is 9.47 Å². The molecule has 0 aromatic heterocycles. The fourth-order valence-electron chi connectivity index (χ4n) is 2.04. The van der Waals surface area contributed by atoms with Crippen LogP contribution in [0.5, 0.6) is 0 Å². The molecule has 5 heteroatoms. The Balaban J connectivity index is 1.97. The normalized spacial score (nSPS) is 18.4. The van der Waals surface area contributed by atoms with Crippen LogP contribution in [0, 0.1) is 5.92 Å². The van der Waals surface area contributed by atoms with E-state index in [1.54, 1.807) is 7.11 Å². The summed E-state index contributed by atoms with van der Waals surface area (Å²) >= 11 is 5.02. The van der Waals surface area contributed by atoms with Gasteiger partial charge in [-0.05, 0) is 32.4 Å². The van der Waals surface area contributed by atoms with Gasteiger partial charge in [-0.2, -0.15) is 0 Å². The summed E-state index contributed by atoms with van der Waals surface area (Å²) in [5, 5.41) is 0. The van der Waals surface area contributed by atoms with Gasteiger partial charge in [0.05, 0.1) is 11.6 Å². The fourth-order valence-corrected chi connectivity index (χ4v) is 2.28. The van der Waals surface area contributed by atoms with Crippen LogP contribution >= 0.6 is 12.2 Å². The summed E-state index contributed by atoms with van der Waals surface area (Å²) in [6.07, 6.45) is 3.16. The first-order valence-electron chi connectivity index (χ1n) is 6.32. The number of piperidine rings is 1. The topological polar surface area (TPSA) is 47.7 Å². The molecule has 0 aromatic carbocycles. The quantitative estimate of drug-likeness (QED) is 0.522. The Morgan fingerprint density at radius 3 is 2.59 bits per heavy atom. The SMILES string of the molecule is COCCCOCCN1CCC(C(N)=S)CC1. The van der Waals surface area contributed by atoms with Gasteiger partial charge in [0, 0.05) is 32.8 Å². The highest BCUT2D eigenvalue weighted by atomic mass is 32.1. The monoisotopic (exact) mass is 260 g/mol. The van der Waals surface area contributed by atoms with Crippen LogP contribution in [0.3, 0.4) is 0 Å². The van der Waals surface area contributed by atoms with Gasteiger partial charge in [-0.25, -0.2) is 0 Å². The van der Waals surface area contributed by atoms with Crippen molar-refractivity contribution >= 4 is 17.2 Å². The van der Waals surface area contributed by atoms with E-state index >= 15 is 0 Å². The minimum absolute atomic E-state index is 0.448. The van der Waals surface area contributed by atoms with Gasteiger partial charge in [-0.1, -0.05) is 12.2 Å². The molecule has 0 unspecified atom stereocenters. The highest BCUT2D eigenvalue weighted by molar-refractivity contribution is 7.80. The fraction of sp³-hybridized carbons (Fsp3) is 0.917. The van der Waals surface area contributed by atoms with Crippen molar-refractivity contribution in [2.45, 2.75) is 19.3 Å². The average molecular weight is 260 g/mol. The molecule has 0 aromatic rings. The second-order valence-corrected chi connectivity index (χ2v) is 4.95. The van der Waals surface area contributed by atoms with Gasteiger partial charge < -0.3 is 20.1 Å². The van der Waals surface area contributed by atoms with E-state index in [-0.39, 0.29) is 0 Å². The zero-order valence-electron chi connectivity index (χ0n) is 10.7. The molecule has 0 saturated carbocycles. The van der Waals surface area contributed by atoms with E-state index in [1.807, 2.05) is 0 Å². The molecule has 0 bridgehead atoms. The Morgan fingerprint density at radius 1 is 1.29 bits per heavy atom. The van der Waals surface area contributed by atoms with Crippen molar-refractivity contribution in [3.05, 3.63) is 0 Å². The van der Waals surface area contributed by atoms with Crippen LogP contribution in [0.15, 0.2) is 0 Å². The number of rotatable bonds is 8. The molecule has 0 atom stereocenters. The predicted molar refractivity (Wildman–Crippen MR) is 73.3 cm³/mol. The molecule has 1 saturated heterocycles. The molecule has 1 aliphatic heterocycles. The lowest BCUT2D eigenvalue weighted by atomic mass is 9.97. The summed E-state index contributed by atoms with van der Waals surface area (Å²) in [5.74, 6) is 0.448. The zero-order valence-corrected chi connectivity index (χ0v) is 11.5. The maximum atomic E-state index is 5.66. The summed E-state index contributed by atoms with van der Waals surface area (Å²) in [5.41, 5.74) is 5.66. The molecule has 1 heterocycles. The molecule has 0 spiro atoms. The summed E-state index contributed by atoms with van der Waals surface area (Å²) in [4.78, 5) is 3.10. The minimum Gasteiger partial charge on any atom is -0.393 e. The van der Waals surface area contributed by atoms with Crippen molar-refractivity contribution in [3.8, 4) is 0 Å². The third kappa shape index (κ3) is 6.31. The number of nitrogens with zero attached hydrogens (tertiary/aromatic N) is 1. The first-order valence-corrected chi connectivity index (χ1v) is 6.73. The Morgan fingerprint density at radius 2 is 2.00 bits per heavy atom. The third-order valence-electron chi connectivity index (χ3n) is 3.18. The second-order valence-electron chi connectivity index (χ2n) is 4.48. The number of thiocarbonyl (C=S) groups is 1. The minimum atomic E-state index is 0.448. The van der Waals surface area contributed by atoms with E-state index in [1.165, 1.54) is 0 Å². The van der Waals surface area contributed by atoms with E-state index < -0.39 is 0 Å². The van der Waals surface area contributed by atoms with Crippen LogP contribution in [0.1, 0.15) is 19.3 Å². The number of nitrogens with two attached hydrogens (primary N) is 1. The molecule has 1 aliphatic rings. The highest BCUT2D eigenvalue weighted by Gasteiger charge is 2.20. The summed E-state index contributed by atoms with van der Waals surface area (Å²) < 4.78 is 10.5. The Hall–Kier alpha value is -0.230. The van der Waals surface area contributed by atoms with E-state index in [4.69, 9.17) is 27.4 Å². The molecule has 2 N–H and O–H groups in total. The molecule has 0 radical (unpaired) electrons. The molecule has 0 amide bonds. The van der Waals surface area contributed by atoms with Crippen molar-refractivity contribution in [3.63, 3.8) is 0 Å². The van der Waals surface area contributed by atoms with Gasteiger partial charge in [-0.15, -0.1) is 0 Å². The summed E-state index contributed by atoms with van der Waals surface area (Å²) in [6, 6.07) is 0. The van der Waals surface area contributed by atoms with Crippen molar-refractivity contribution in [1.29, 1.82) is 0 Å². The lowest BCUT2D eigenvalue weighted by Gasteiger charge is -2.31. The second kappa shape index (κ2) is 8.80. The van der Waals surface area contributed by atoms with Crippen LogP contribution in [-0.4, -0.2) is 56.5 Å². The van der Waals surface area contributed by atoms with Crippen molar-refractivity contribution in [1.82, 2.24) is 4.90 Å². The van der Waals surface area contributed by atoms with Gasteiger partial charge in [0.2, 0.25) is 0 Å². The van der Waals surface area contributed by atoms with E-state index in [9.17, 15) is 0 Å². The number of likely N-dealkylation sites (tertiary alicyclic amines) is 1. The molecule has 4 nitrogen and oxygen atoms in total. The molecule has 100 valence electrons. The first kappa shape index (κ1) is 14.8. The molecule has 17 heavy (non-hydrogen) atoms. The predicted octanol–water partition coefficient (Wildman–Crippen LogP) is 1.04. The molecule has 1 fully saturated rings. The van der Waals surface area contributed by atoms with Gasteiger partial charge in [-0.3, -0.25) is 0 Å². The Kier molecular flexibility index (Phi) is 7.68. The number of methoxy groups -OCH3 is 1. The van der Waals surface area contributed by atoms with Crippen LogP contribution in [0.2, 0.25) is 0 Å². The van der Waals surface area contributed by atoms with Gasteiger partial charge >= 0.3 is 0 Å². The number of ether oxygens (including phenoxy) is 2. The maximum Gasteiger partial charge on any atom is 0.0759 e. The largest absolute Gasteiger partial charge is 0.393 e.